The van der Waals surface area contributed by atoms with Crippen molar-refractivity contribution in [3.05, 3.63) is 35.9 Å². The number of alkyl halides is 3. The lowest BCUT2D eigenvalue weighted by Crippen LogP contribution is -2.52. The van der Waals surface area contributed by atoms with Gasteiger partial charge in [-0.05, 0) is 50.1 Å². The SMILES string of the molecule is CC(C)CCN(C(=O)CN)[C@@H](CCCN)C(=O)NCCCc1ccccc1.O=C(O)C(F)(F)F. The number of carbonyl (C=O) groups is 3. The maximum Gasteiger partial charge on any atom is 0.490 e. The largest absolute Gasteiger partial charge is 0.490 e. The Morgan fingerprint density at radius 1 is 1.06 bits per heavy atom. The van der Waals surface area contributed by atoms with Crippen LogP contribution < -0.4 is 16.8 Å². The number of nitrogens with two attached hydrogens (primary N) is 2. The average molecular weight is 491 g/mol. The lowest BCUT2D eigenvalue weighted by Gasteiger charge is -2.31. The molecule has 1 rings (SSSR count). The number of hydrogen-bond acceptors (Lipinski definition) is 5. The van der Waals surface area contributed by atoms with Crippen molar-refractivity contribution in [3.63, 3.8) is 0 Å². The Balaban J connectivity index is 0.00000135. The molecule has 0 saturated heterocycles. The summed E-state index contributed by atoms with van der Waals surface area (Å²) in [6.07, 6.45) is -1.22. The number of nitrogens with zero attached hydrogens (tertiary/aromatic N) is 1. The van der Waals surface area contributed by atoms with Gasteiger partial charge in [-0.2, -0.15) is 13.2 Å². The number of aliphatic carboxylic acids is 1. The van der Waals surface area contributed by atoms with Gasteiger partial charge in [-0.3, -0.25) is 9.59 Å². The summed E-state index contributed by atoms with van der Waals surface area (Å²) in [5.74, 6) is -2.60. The summed E-state index contributed by atoms with van der Waals surface area (Å²) in [6, 6.07) is 9.69. The second-order valence-corrected chi connectivity index (χ2v) is 8.10. The average Bonchev–Trinajstić information content (AvgIpc) is 2.78. The smallest absolute Gasteiger partial charge is 0.475 e. The zero-order valence-corrected chi connectivity index (χ0v) is 19.8. The van der Waals surface area contributed by atoms with Crippen molar-refractivity contribution in [2.45, 2.75) is 58.2 Å². The molecule has 2 amide bonds. The molecule has 194 valence electrons. The Hall–Kier alpha value is -2.66. The number of hydrogen-bond donors (Lipinski definition) is 4. The van der Waals surface area contributed by atoms with Gasteiger partial charge in [0.15, 0.2) is 0 Å². The van der Waals surface area contributed by atoms with Crippen molar-refractivity contribution in [2.75, 3.05) is 26.2 Å². The van der Waals surface area contributed by atoms with E-state index in [1.165, 1.54) is 5.56 Å². The fourth-order valence-corrected chi connectivity index (χ4v) is 2.98. The maximum absolute atomic E-state index is 12.8. The summed E-state index contributed by atoms with van der Waals surface area (Å²) in [4.78, 5) is 35.7. The highest BCUT2D eigenvalue weighted by molar-refractivity contribution is 5.88. The number of carboxylic acid groups (broad SMARTS) is 1. The van der Waals surface area contributed by atoms with Gasteiger partial charge in [-0.25, -0.2) is 4.79 Å². The number of carbonyl (C=O) groups excluding carboxylic acids is 2. The highest BCUT2D eigenvalue weighted by Crippen LogP contribution is 2.13. The topological polar surface area (TPSA) is 139 Å². The normalized spacial score (nSPS) is 11.9. The molecule has 0 aliphatic heterocycles. The molecule has 0 aliphatic carbocycles. The third-order valence-electron chi connectivity index (χ3n) is 4.83. The Morgan fingerprint density at radius 2 is 1.65 bits per heavy atom. The van der Waals surface area contributed by atoms with Gasteiger partial charge in [0.05, 0.1) is 6.54 Å². The predicted molar refractivity (Wildman–Crippen MR) is 124 cm³/mol. The molecule has 0 aromatic heterocycles. The standard InChI is InChI=1S/C21H36N4O2.C2HF3O2/c1-17(2)12-15-25(20(26)16-23)19(11-6-13-22)21(27)24-14-7-10-18-8-4-3-5-9-18;3-2(4,5)1(6)7/h3-5,8-9,17,19H,6-7,10-16,22-23H2,1-2H3,(H,24,27);(H,6,7)/t19-;/m0./s1. The van der Waals surface area contributed by atoms with E-state index in [4.69, 9.17) is 21.4 Å². The number of nitrogens with one attached hydrogen (secondary N) is 1. The van der Waals surface area contributed by atoms with E-state index in [0.29, 0.717) is 38.4 Å². The summed E-state index contributed by atoms with van der Waals surface area (Å²) >= 11 is 0. The third kappa shape index (κ3) is 13.8. The van der Waals surface area contributed by atoms with Gasteiger partial charge in [0.2, 0.25) is 11.8 Å². The van der Waals surface area contributed by atoms with Crippen LogP contribution in [0, 0.1) is 5.92 Å². The van der Waals surface area contributed by atoms with E-state index in [-0.39, 0.29) is 18.4 Å². The summed E-state index contributed by atoms with van der Waals surface area (Å²) < 4.78 is 31.7. The molecule has 1 atom stereocenters. The molecule has 1 aromatic carbocycles. The molecule has 8 nitrogen and oxygen atoms in total. The first-order valence-electron chi connectivity index (χ1n) is 11.2. The first-order valence-corrected chi connectivity index (χ1v) is 11.2. The van der Waals surface area contributed by atoms with Gasteiger partial charge in [0, 0.05) is 13.1 Å². The van der Waals surface area contributed by atoms with Crippen LogP contribution in [0.1, 0.15) is 45.1 Å². The molecule has 0 bridgehead atoms. The second-order valence-electron chi connectivity index (χ2n) is 8.10. The molecule has 34 heavy (non-hydrogen) atoms. The van der Waals surface area contributed by atoms with Crippen LogP contribution in [0.25, 0.3) is 0 Å². The van der Waals surface area contributed by atoms with Gasteiger partial charge in [-0.15, -0.1) is 0 Å². The van der Waals surface area contributed by atoms with Crippen molar-refractivity contribution in [3.8, 4) is 0 Å². The van der Waals surface area contributed by atoms with E-state index in [1.807, 2.05) is 18.2 Å². The predicted octanol–water partition coefficient (Wildman–Crippen LogP) is 2.31. The van der Waals surface area contributed by atoms with E-state index in [0.717, 1.165) is 19.3 Å². The highest BCUT2D eigenvalue weighted by atomic mass is 19.4. The molecule has 0 fully saturated rings. The lowest BCUT2D eigenvalue weighted by atomic mass is 10.1. The van der Waals surface area contributed by atoms with Gasteiger partial charge >= 0.3 is 12.1 Å². The number of rotatable bonds is 13. The first-order chi connectivity index (χ1) is 15.9. The molecule has 0 saturated carbocycles. The summed E-state index contributed by atoms with van der Waals surface area (Å²) in [5.41, 5.74) is 12.5. The van der Waals surface area contributed by atoms with Crippen molar-refractivity contribution < 1.29 is 32.7 Å². The summed E-state index contributed by atoms with van der Waals surface area (Å²) in [7, 11) is 0. The van der Waals surface area contributed by atoms with Gasteiger partial charge < -0.3 is 26.8 Å². The molecule has 0 spiro atoms. The quantitative estimate of drug-likeness (QED) is 0.313. The van der Waals surface area contributed by atoms with E-state index in [2.05, 4.69) is 31.3 Å². The number of aryl methyl sites for hydroxylation is 1. The number of benzene rings is 1. The van der Waals surface area contributed by atoms with Crippen molar-refractivity contribution in [1.29, 1.82) is 0 Å². The number of amides is 2. The Morgan fingerprint density at radius 3 is 2.12 bits per heavy atom. The molecule has 11 heteroatoms. The fourth-order valence-electron chi connectivity index (χ4n) is 2.98. The maximum atomic E-state index is 12.8. The fraction of sp³-hybridized carbons (Fsp3) is 0.609. The monoisotopic (exact) mass is 490 g/mol. The van der Waals surface area contributed by atoms with Crippen LogP contribution in [0.2, 0.25) is 0 Å². The minimum Gasteiger partial charge on any atom is -0.475 e. The first kappa shape index (κ1) is 31.3. The van der Waals surface area contributed by atoms with Crippen LogP contribution in [-0.4, -0.2) is 66.2 Å². The van der Waals surface area contributed by atoms with E-state index in [1.54, 1.807) is 4.90 Å². The number of carboxylic acids is 1. The Bertz CT molecular complexity index is 731. The van der Waals surface area contributed by atoms with Crippen molar-refractivity contribution in [1.82, 2.24) is 10.2 Å². The van der Waals surface area contributed by atoms with E-state index in [9.17, 15) is 22.8 Å². The third-order valence-corrected chi connectivity index (χ3v) is 4.83. The van der Waals surface area contributed by atoms with Crippen molar-refractivity contribution in [2.24, 2.45) is 17.4 Å². The van der Waals surface area contributed by atoms with Crippen LogP contribution in [0.5, 0.6) is 0 Å². The minimum atomic E-state index is -5.08. The van der Waals surface area contributed by atoms with Crippen LogP contribution >= 0.6 is 0 Å². The molecule has 1 aromatic rings. The number of halogens is 3. The van der Waals surface area contributed by atoms with Crippen LogP contribution in [-0.2, 0) is 20.8 Å². The molecule has 0 heterocycles. The molecule has 0 radical (unpaired) electrons. The molecule has 0 aliphatic rings. The second kappa shape index (κ2) is 16.9. The molecule has 0 unspecified atom stereocenters. The minimum absolute atomic E-state index is 0.0848. The van der Waals surface area contributed by atoms with Crippen molar-refractivity contribution >= 4 is 17.8 Å². The molecular formula is C23H37F3N4O4. The van der Waals surface area contributed by atoms with E-state index >= 15 is 0 Å². The summed E-state index contributed by atoms with van der Waals surface area (Å²) in [6.45, 7) is 5.74. The summed E-state index contributed by atoms with van der Waals surface area (Å²) in [5, 5.41) is 10.1. The van der Waals surface area contributed by atoms with E-state index < -0.39 is 18.2 Å². The zero-order chi connectivity index (χ0) is 26.1. The van der Waals surface area contributed by atoms with Gasteiger partial charge in [-0.1, -0.05) is 44.2 Å². The highest BCUT2D eigenvalue weighted by Gasteiger charge is 2.38. The Kier molecular flexibility index (Phi) is 15.6. The molecule has 6 N–H and O–H groups in total. The Labute approximate surface area is 198 Å². The van der Waals surface area contributed by atoms with Gasteiger partial charge in [0.25, 0.3) is 0 Å². The van der Waals surface area contributed by atoms with Crippen LogP contribution in [0.4, 0.5) is 13.2 Å². The van der Waals surface area contributed by atoms with Gasteiger partial charge in [0.1, 0.15) is 6.04 Å². The zero-order valence-electron chi connectivity index (χ0n) is 19.8. The lowest BCUT2D eigenvalue weighted by molar-refractivity contribution is -0.192. The van der Waals surface area contributed by atoms with Crippen LogP contribution in [0.15, 0.2) is 30.3 Å². The van der Waals surface area contributed by atoms with Crippen LogP contribution in [0.3, 0.4) is 0 Å². The molecular weight excluding hydrogens is 453 g/mol.